The Bertz CT molecular complexity index is 5710. The van der Waals surface area contributed by atoms with Gasteiger partial charge in [0.1, 0.15) is 53.0 Å². The molecule has 4 unspecified atom stereocenters. The number of hydrogen-bond donors (Lipinski definition) is 14. The molecule has 0 aliphatic carbocycles. The van der Waals surface area contributed by atoms with Gasteiger partial charge in [-0.15, -0.1) is 5.11 Å². The molecule has 2 aliphatic heterocycles. The van der Waals surface area contributed by atoms with Gasteiger partial charge in [0.15, 0.2) is 9.84 Å². The van der Waals surface area contributed by atoms with Gasteiger partial charge in [-0.3, -0.25) is 79.7 Å². The lowest BCUT2D eigenvalue weighted by Gasteiger charge is -2.27. The second-order valence-corrected chi connectivity index (χ2v) is 31.9. The lowest BCUT2D eigenvalue weighted by Crippen LogP contribution is -2.40. The SMILES string of the molecule is CC(CCc1ccccc1)C(=O)NO.COc1ccc(C(OCCC(=O)NO)c2ccccc2)cc1.Cc1ccc(C(OCCC(=O)NO)c2ccccc2)cc1.O=C(CCCCCN1C(=O)c2cccc3cccc(c23)C1=O)NO.O=C(CCOC(c1ccc(F)cc1)c1ccc(F)cc1)NO.O=C(CS(=O)(=O)c1ccc(Cl)cc1)NO.O=C(O)C1N=NC(c2ccc(F)cc2)=CN1O. The van der Waals surface area contributed by atoms with E-state index in [0.717, 1.165) is 57.8 Å². The third-order valence-electron chi connectivity index (χ3n) is 19.9. The number of carbonyl (C=O) groups excluding carboxylic acids is 8. The summed E-state index contributed by atoms with van der Waals surface area (Å²) in [5.41, 5.74) is 18.9. The fourth-order valence-corrected chi connectivity index (χ4v) is 14.0. The zero-order valence-corrected chi connectivity index (χ0v) is 74.8. The number of aliphatic carboxylic acids is 1. The number of sulfone groups is 1. The van der Waals surface area contributed by atoms with Crippen molar-refractivity contribution >= 4 is 91.1 Å². The summed E-state index contributed by atoms with van der Waals surface area (Å²) in [5, 5.41) is 78.1. The van der Waals surface area contributed by atoms with Crippen LogP contribution in [0.3, 0.4) is 0 Å². The number of methoxy groups -OCH3 is 1. The molecular weight excluding hydrogens is 1800 g/mol. The number of nitrogens with zero attached hydrogens (tertiary/aromatic N) is 4. The second kappa shape index (κ2) is 57.2. The molecule has 0 fully saturated rings. The van der Waals surface area contributed by atoms with Gasteiger partial charge in [0, 0.05) is 46.0 Å². The molecule has 0 radical (unpaired) electrons. The first-order valence-corrected chi connectivity index (χ1v) is 43.7. The summed E-state index contributed by atoms with van der Waals surface area (Å²) in [6.07, 6.45) is 2.52. The van der Waals surface area contributed by atoms with Crippen LogP contribution in [0.1, 0.15) is 147 Å². The van der Waals surface area contributed by atoms with E-state index in [2.05, 4.69) is 10.2 Å². The van der Waals surface area contributed by atoms with E-state index in [4.69, 9.17) is 66.9 Å². The Morgan fingerprint density at radius 2 is 0.874 bits per heavy atom. The lowest BCUT2D eigenvalue weighted by atomic mass is 9.94. The number of aryl methyl sites for hydroxylation is 2. The molecule has 4 atom stereocenters. The number of azo groups is 1. The third kappa shape index (κ3) is 36.0. The Hall–Kier alpha value is -14.3. The molecule has 13 rings (SSSR count). The van der Waals surface area contributed by atoms with Crippen molar-refractivity contribution in [3.63, 3.8) is 0 Å². The summed E-state index contributed by atoms with van der Waals surface area (Å²) in [7, 11) is -2.10. The quantitative estimate of drug-likeness (QED) is 0.00771. The Morgan fingerprint density at radius 1 is 0.474 bits per heavy atom. The molecular formula is C97H102ClF3N10O23S. The van der Waals surface area contributed by atoms with Crippen molar-refractivity contribution < 1.29 is 125 Å². The predicted molar refractivity (Wildman–Crippen MR) is 486 cm³/mol. The van der Waals surface area contributed by atoms with E-state index >= 15 is 0 Å². The number of nitrogens with one attached hydrogen (secondary N) is 6. The summed E-state index contributed by atoms with van der Waals surface area (Å²) in [4.78, 5) is 103. The normalized spacial score (nSPS) is 12.8. The van der Waals surface area contributed by atoms with E-state index in [1.807, 2.05) is 171 Å². The lowest BCUT2D eigenvalue weighted by molar-refractivity contribution is -0.157. The summed E-state index contributed by atoms with van der Waals surface area (Å²) >= 11 is 5.58. The molecule has 8 amide bonds. The number of ether oxygens (including phenoxy) is 4. The Morgan fingerprint density at radius 3 is 1.28 bits per heavy atom. The number of hydroxylamine groups is 8. The summed E-state index contributed by atoms with van der Waals surface area (Å²) < 4.78 is 84.3. The Balaban J connectivity index is 0.000000216. The molecule has 0 bridgehead atoms. The summed E-state index contributed by atoms with van der Waals surface area (Å²) in [5.74, 6) is -6.40. The zero-order valence-electron chi connectivity index (χ0n) is 73.3. The Kier molecular flexibility index (Phi) is 45.6. The smallest absolute Gasteiger partial charge is 0.353 e. The molecule has 11 aromatic rings. The average molecular weight is 1900 g/mol. The van der Waals surface area contributed by atoms with E-state index in [1.54, 1.807) is 72.4 Å². The first-order valence-electron chi connectivity index (χ1n) is 41.7. The highest BCUT2D eigenvalue weighted by molar-refractivity contribution is 7.92. The van der Waals surface area contributed by atoms with Crippen molar-refractivity contribution in [1.29, 1.82) is 0 Å². The highest BCUT2D eigenvalue weighted by Gasteiger charge is 2.33. The number of amides is 8. The minimum atomic E-state index is -3.72. The summed E-state index contributed by atoms with van der Waals surface area (Å²) in [6, 6.07) is 78.5. The maximum Gasteiger partial charge on any atom is 0.353 e. The first-order chi connectivity index (χ1) is 64.9. The first kappa shape index (κ1) is 108. The second-order valence-electron chi connectivity index (χ2n) is 29.5. The minimum absolute atomic E-state index is 0.0181. The standard InChI is InChI=1S/C18H18N2O4.C17H19NO4.C17H19NO3.C16H15F2NO3.C11H15NO2.C10H8FN3O3.C8H8ClNO4S/c21-15(19-24)10-2-1-3-11-20-17(22)13-8-4-6-12-7-5-9-14(16(12)13)18(20)23;1-21-15-9-7-14(8-10-15)17(13-5-3-2-4-6-13)22-12-11-16(19)18-20;1-13-7-9-15(10-8-13)17(14-5-3-2-4-6-14)21-12-11-16(19)18-20;17-13-5-1-11(2-6-13)16(22-10-9-15(20)19-21)12-3-7-14(18)8-4-12;1-9(11(13)12-14)7-8-10-5-3-2-4-6-10;11-7-3-1-6(2-4-7)8-5-14(17)9(10(15)16)13-12-8;9-6-1-3-7(4-2-6)15(13,14)5-8(11)10-12/h4-9,24H,1-3,10-11H2,(H,19,21);2-10,17,20H,11-12H2,1H3,(H,18,19);2-10,17,20H,11-12H2,1H3,(H,18,19);1-8,16,21H,9-10H2,(H,19,20);2-6,9,14H,7-8H2,1H3,(H,12,13);1-5,9,17H,(H,15,16);1-4,12H,5H2,(H,10,11). The van der Waals surface area contributed by atoms with Gasteiger partial charge in [-0.05, 0) is 174 Å². The van der Waals surface area contributed by atoms with E-state index < -0.39 is 69.2 Å². The van der Waals surface area contributed by atoms with E-state index in [1.165, 1.54) is 99.8 Å². The van der Waals surface area contributed by atoms with Gasteiger partial charge < -0.3 is 24.1 Å². The molecule has 0 aromatic heterocycles. The highest BCUT2D eigenvalue weighted by Crippen LogP contribution is 2.34. The maximum absolute atomic E-state index is 13.0. The Labute approximate surface area is 780 Å². The third-order valence-corrected chi connectivity index (χ3v) is 21.7. The van der Waals surface area contributed by atoms with Crippen molar-refractivity contribution in [2.45, 2.75) is 101 Å². The number of carboxylic acids is 1. The van der Waals surface area contributed by atoms with Crippen molar-refractivity contribution in [2.24, 2.45) is 16.1 Å². The van der Waals surface area contributed by atoms with Crippen LogP contribution >= 0.6 is 11.6 Å². The van der Waals surface area contributed by atoms with Crippen LogP contribution in [-0.2, 0) is 64.0 Å². The number of benzene rings is 11. The van der Waals surface area contributed by atoms with Crippen molar-refractivity contribution in [3.05, 3.63) is 363 Å². The fourth-order valence-electron chi connectivity index (χ4n) is 12.8. The van der Waals surface area contributed by atoms with Crippen LogP contribution in [0.25, 0.3) is 16.5 Å². The van der Waals surface area contributed by atoms with Gasteiger partial charge in [-0.1, -0.05) is 206 Å². The van der Waals surface area contributed by atoms with Gasteiger partial charge in [0.05, 0.1) is 57.3 Å². The maximum atomic E-state index is 13.0. The molecule has 0 saturated carbocycles. The molecule has 2 heterocycles. The highest BCUT2D eigenvalue weighted by atomic mass is 35.5. The average Bonchev–Trinajstić information content (AvgIpc) is 0.747. The number of imide groups is 1. The van der Waals surface area contributed by atoms with Crippen molar-refractivity contribution in [1.82, 2.24) is 42.8 Å². The summed E-state index contributed by atoms with van der Waals surface area (Å²) in [6.45, 7) is 4.65. The van der Waals surface area contributed by atoms with Crippen molar-refractivity contribution in [2.75, 3.05) is 39.2 Å². The number of carboxylic acid groups (broad SMARTS) is 1. The number of halogens is 4. The fraction of sp³-hybridized carbons (Fsp3) is 0.227. The van der Waals surface area contributed by atoms with Crippen LogP contribution in [-0.4, -0.2) is 159 Å². The van der Waals surface area contributed by atoms with Gasteiger partial charge in [-0.2, -0.15) is 5.11 Å². The zero-order chi connectivity index (χ0) is 98.2. The molecule has 0 spiro atoms. The molecule has 33 nitrogen and oxygen atoms in total. The van der Waals surface area contributed by atoms with E-state index in [9.17, 15) is 69.9 Å². The van der Waals surface area contributed by atoms with Crippen LogP contribution < -0.4 is 37.6 Å². The predicted octanol–water partition coefficient (Wildman–Crippen LogP) is 15.2. The topological polar surface area (TPSA) is 490 Å². The molecule has 38 heteroatoms. The molecule has 11 aromatic carbocycles. The van der Waals surface area contributed by atoms with Gasteiger partial charge in [0.25, 0.3) is 23.9 Å². The van der Waals surface area contributed by atoms with Crippen LogP contribution in [0.5, 0.6) is 5.75 Å². The molecule has 0 saturated heterocycles. The monoisotopic (exact) mass is 1900 g/mol. The van der Waals surface area contributed by atoms with Crippen LogP contribution in [0.2, 0.25) is 5.02 Å². The van der Waals surface area contributed by atoms with Crippen molar-refractivity contribution in [3.8, 4) is 5.75 Å². The van der Waals surface area contributed by atoms with Gasteiger partial charge in [0.2, 0.25) is 29.5 Å². The van der Waals surface area contributed by atoms with Crippen LogP contribution in [0.15, 0.2) is 294 Å². The molecule has 14 N–H and O–H groups in total. The molecule has 2 aliphatic rings. The molecule has 712 valence electrons. The largest absolute Gasteiger partial charge is 0.497 e. The minimum Gasteiger partial charge on any atom is -0.497 e. The van der Waals surface area contributed by atoms with Crippen LogP contribution in [0.4, 0.5) is 13.2 Å². The van der Waals surface area contributed by atoms with Gasteiger partial charge >= 0.3 is 5.97 Å². The van der Waals surface area contributed by atoms with E-state index in [-0.39, 0.29) is 104 Å². The van der Waals surface area contributed by atoms with Crippen LogP contribution in [0, 0.1) is 30.3 Å². The number of hydrogen-bond acceptors (Lipinski definition) is 25. The van der Waals surface area contributed by atoms with E-state index in [0.29, 0.717) is 63.7 Å². The molecule has 135 heavy (non-hydrogen) atoms. The number of unbranched alkanes of at least 4 members (excludes halogenated alkanes) is 2. The number of carbonyl (C=O) groups is 9. The van der Waals surface area contributed by atoms with Gasteiger partial charge in [-0.25, -0.2) is 64.3 Å². The number of rotatable bonds is 34.